The minimum Gasteiger partial charge on any atom is -0.326 e. The third-order valence-electron chi connectivity index (χ3n) is 3.30. The highest BCUT2D eigenvalue weighted by atomic mass is 35.5. The number of rotatable bonds is 2. The largest absolute Gasteiger partial charge is 0.326 e. The van der Waals surface area contributed by atoms with Crippen LogP contribution in [0.4, 0.5) is 11.4 Å². The molecule has 0 aliphatic carbocycles. The van der Waals surface area contributed by atoms with E-state index in [4.69, 9.17) is 11.6 Å². The molecule has 1 aliphatic rings. The Balaban J connectivity index is 2.07. The lowest BCUT2D eigenvalue weighted by molar-refractivity contribution is -0.114. The van der Waals surface area contributed by atoms with Gasteiger partial charge in [-0.15, -0.1) is 0 Å². The summed E-state index contributed by atoms with van der Waals surface area (Å²) in [5.41, 5.74) is 1.39. The fourth-order valence-electron chi connectivity index (χ4n) is 2.37. The molecule has 6 heteroatoms. The topological polar surface area (TPSA) is 66.5 Å². The number of hydrogen-bond acceptors (Lipinski definition) is 3. The summed E-state index contributed by atoms with van der Waals surface area (Å²) in [6.07, 6.45) is 0. The van der Waals surface area contributed by atoms with Crippen LogP contribution >= 0.6 is 11.6 Å². The molecule has 22 heavy (non-hydrogen) atoms. The number of halogens is 1. The molecule has 0 atom stereocenters. The van der Waals surface area contributed by atoms with Gasteiger partial charge in [-0.2, -0.15) is 0 Å². The summed E-state index contributed by atoms with van der Waals surface area (Å²) < 4.78 is 0. The van der Waals surface area contributed by atoms with Crippen molar-refractivity contribution in [3.63, 3.8) is 0 Å². The van der Waals surface area contributed by atoms with Crippen LogP contribution in [0.5, 0.6) is 0 Å². The molecule has 0 aromatic heterocycles. The van der Waals surface area contributed by atoms with Gasteiger partial charge in [0.05, 0.1) is 21.8 Å². The number of nitrogens with one attached hydrogen (secondary N) is 1. The lowest BCUT2D eigenvalue weighted by Gasteiger charge is -2.16. The van der Waals surface area contributed by atoms with Gasteiger partial charge in [-0.05, 0) is 30.3 Å². The summed E-state index contributed by atoms with van der Waals surface area (Å²) in [6, 6.07) is 11.2. The number of imide groups is 1. The number of anilines is 2. The summed E-state index contributed by atoms with van der Waals surface area (Å²) in [7, 11) is 0. The van der Waals surface area contributed by atoms with Crippen LogP contribution in [0.1, 0.15) is 27.6 Å². The van der Waals surface area contributed by atoms with Crippen LogP contribution in [0.15, 0.2) is 42.5 Å². The molecule has 0 spiro atoms. The monoisotopic (exact) mass is 314 g/mol. The molecule has 0 unspecified atom stereocenters. The zero-order valence-electron chi connectivity index (χ0n) is 11.6. The lowest BCUT2D eigenvalue weighted by Crippen LogP contribution is -2.29. The van der Waals surface area contributed by atoms with Crippen molar-refractivity contribution in [1.29, 1.82) is 0 Å². The van der Waals surface area contributed by atoms with Gasteiger partial charge in [0, 0.05) is 12.6 Å². The molecule has 0 saturated carbocycles. The van der Waals surface area contributed by atoms with E-state index < -0.39 is 11.8 Å². The van der Waals surface area contributed by atoms with Crippen LogP contribution in [-0.2, 0) is 4.79 Å². The molecule has 0 saturated heterocycles. The van der Waals surface area contributed by atoms with E-state index in [1.54, 1.807) is 30.3 Å². The zero-order valence-corrected chi connectivity index (χ0v) is 12.3. The van der Waals surface area contributed by atoms with Gasteiger partial charge in [0.25, 0.3) is 11.8 Å². The zero-order chi connectivity index (χ0) is 15.9. The fraction of sp³-hybridized carbons (Fsp3) is 0.0625. The van der Waals surface area contributed by atoms with Crippen molar-refractivity contribution in [1.82, 2.24) is 0 Å². The van der Waals surface area contributed by atoms with Crippen LogP contribution in [0.3, 0.4) is 0 Å². The van der Waals surface area contributed by atoms with Crippen LogP contribution in [0.25, 0.3) is 0 Å². The average Bonchev–Trinajstić information content (AvgIpc) is 2.73. The minimum atomic E-state index is -0.428. The van der Waals surface area contributed by atoms with E-state index in [-0.39, 0.29) is 16.6 Å². The molecule has 3 rings (SSSR count). The van der Waals surface area contributed by atoms with Crippen LogP contribution in [0, 0.1) is 0 Å². The van der Waals surface area contributed by atoms with Gasteiger partial charge in [0.1, 0.15) is 0 Å². The maximum absolute atomic E-state index is 12.5. The molecule has 5 nitrogen and oxygen atoms in total. The number of carbonyl (C=O) groups excluding carboxylic acids is 3. The first-order valence-corrected chi connectivity index (χ1v) is 6.92. The predicted molar refractivity (Wildman–Crippen MR) is 83.3 cm³/mol. The second kappa shape index (κ2) is 5.27. The van der Waals surface area contributed by atoms with E-state index in [2.05, 4.69) is 5.32 Å². The molecule has 2 aromatic rings. The molecule has 110 valence electrons. The van der Waals surface area contributed by atoms with Gasteiger partial charge in [-0.3, -0.25) is 14.4 Å². The van der Waals surface area contributed by atoms with E-state index in [9.17, 15) is 14.4 Å². The van der Waals surface area contributed by atoms with Gasteiger partial charge in [0.2, 0.25) is 5.91 Å². The van der Waals surface area contributed by atoms with E-state index in [1.807, 2.05) is 0 Å². The summed E-state index contributed by atoms with van der Waals surface area (Å²) in [6.45, 7) is 1.37. The molecule has 1 N–H and O–H groups in total. The van der Waals surface area contributed by atoms with Crippen molar-refractivity contribution in [3.05, 3.63) is 58.6 Å². The van der Waals surface area contributed by atoms with Gasteiger partial charge < -0.3 is 5.32 Å². The van der Waals surface area contributed by atoms with Crippen molar-refractivity contribution in [2.75, 3.05) is 10.2 Å². The van der Waals surface area contributed by atoms with E-state index in [0.717, 1.165) is 4.90 Å². The Labute approximate surface area is 131 Å². The Morgan fingerprint density at radius 2 is 1.64 bits per heavy atom. The molecular formula is C16H11ClN2O3. The highest BCUT2D eigenvalue weighted by molar-refractivity contribution is 6.40. The Morgan fingerprint density at radius 3 is 2.18 bits per heavy atom. The fourth-order valence-corrected chi connectivity index (χ4v) is 2.58. The minimum absolute atomic E-state index is 0.249. The number of fused-ring (bicyclic) bond motifs is 1. The maximum atomic E-state index is 12.5. The maximum Gasteiger partial charge on any atom is 0.266 e. The highest BCUT2D eigenvalue weighted by Gasteiger charge is 2.37. The second-order valence-corrected chi connectivity index (χ2v) is 5.25. The number of carbonyl (C=O) groups is 3. The van der Waals surface area contributed by atoms with Crippen LogP contribution < -0.4 is 10.2 Å². The summed E-state index contributed by atoms with van der Waals surface area (Å²) in [5.74, 6) is -1.11. The van der Waals surface area contributed by atoms with E-state index in [1.165, 1.54) is 19.1 Å². The normalized spacial score (nSPS) is 13.3. The molecule has 1 heterocycles. The van der Waals surface area contributed by atoms with Crippen LogP contribution in [0.2, 0.25) is 5.02 Å². The first-order chi connectivity index (χ1) is 10.5. The molecule has 0 radical (unpaired) electrons. The van der Waals surface area contributed by atoms with Crippen molar-refractivity contribution in [2.24, 2.45) is 0 Å². The third kappa shape index (κ3) is 2.25. The summed E-state index contributed by atoms with van der Waals surface area (Å²) in [4.78, 5) is 37.1. The SMILES string of the molecule is CC(=O)Nc1ccc(Cl)c(N2C(=O)c3ccccc3C2=O)c1. The first-order valence-electron chi connectivity index (χ1n) is 6.54. The highest BCUT2D eigenvalue weighted by Crippen LogP contribution is 2.35. The first kappa shape index (κ1) is 14.3. The predicted octanol–water partition coefficient (Wildman–Crippen LogP) is 3.10. The molecule has 1 aliphatic heterocycles. The van der Waals surface area contributed by atoms with Gasteiger partial charge in [-0.25, -0.2) is 4.90 Å². The van der Waals surface area contributed by atoms with Gasteiger partial charge in [0.15, 0.2) is 0 Å². The number of hydrogen-bond donors (Lipinski definition) is 1. The molecule has 2 aromatic carbocycles. The number of amides is 3. The van der Waals surface area contributed by atoms with Crippen molar-refractivity contribution in [3.8, 4) is 0 Å². The Bertz CT molecular complexity index is 782. The standard InChI is InChI=1S/C16H11ClN2O3/c1-9(20)18-10-6-7-13(17)14(8-10)19-15(21)11-4-2-3-5-12(11)16(19)22/h2-8H,1H3,(H,18,20). The Hall–Kier alpha value is -2.66. The van der Waals surface area contributed by atoms with Gasteiger partial charge in [-0.1, -0.05) is 23.7 Å². The summed E-state index contributed by atoms with van der Waals surface area (Å²) >= 11 is 6.13. The number of nitrogens with zero attached hydrogens (tertiary/aromatic N) is 1. The second-order valence-electron chi connectivity index (χ2n) is 4.84. The van der Waals surface area contributed by atoms with Crippen LogP contribution in [-0.4, -0.2) is 17.7 Å². The van der Waals surface area contributed by atoms with Crippen molar-refractivity contribution >= 4 is 40.7 Å². The molecule has 0 fully saturated rings. The average molecular weight is 315 g/mol. The quantitative estimate of drug-likeness (QED) is 0.866. The lowest BCUT2D eigenvalue weighted by atomic mass is 10.1. The molecule has 3 amide bonds. The van der Waals surface area contributed by atoms with Crippen molar-refractivity contribution in [2.45, 2.75) is 6.92 Å². The van der Waals surface area contributed by atoms with Crippen molar-refractivity contribution < 1.29 is 14.4 Å². The molecule has 0 bridgehead atoms. The Morgan fingerprint density at radius 1 is 1.05 bits per heavy atom. The molecular weight excluding hydrogens is 304 g/mol. The van der Waals surface area contributed by atoms with E-state index >= 15 is 0 Å². The smallest absolute Gasteiger partial charge is 0.266 e. The van der Waals surface area contributed by atoms with E-state index in [0.29, 0.717) is 16.8 Å². The Kier molecular flexibility index (Phi) is 3.42. The summed E-state index contributed by atoms with van der Waals surface area (Å²) in [5, 5.41) is 2.85. The van der Waals surface area contributed by atoms with Gasteiger partial charge >= 0.3 is 0 Å². The third-order valence-corrected chi connectivity index (χ3v) is 3.62. The number of benzene rings is 2.